The molecule has 2 amide bonds. The highest BCUT2D eigenvalue weighted by atomic mass is 19.4. The monoisotopic (exact) mass is 773 g/mol. The fourth-order valence-corrected chi connectivity index (χ4v) is 5.71. The highest BCUT2D eigenvalue weighted by Gasteiger charge is 2.44. The molecule has 0 radical (unpaired) electrons. The fourth-order valence-electron chi connectivity index (χ4n) is 5.71. The van der Waals surface area contributed by atoms with Crippen molar-refractivity contribution in [1.29, 1.82) is 0 Å². The number of ether oxygens (including phenoxy) is 3. The molecular weight excluding hydrogens is 736 g/mol. The third-order valence-corrected chi connectivity index (χ3v) is 8.45. The number of aromatic nitrogens is 1. The van der Waals surface area contributed by atoms with Gasteiger partial charge in [-0.3, -0.25) is 9.59 Å². The van der Waals surface area contributed by atoms with Crippen molar-refractivity contribution < 1.29 is 60.0 Å². The van der Waals surface area contributed by atoms with Gasteiger partial charge in [0.05, 0.1) is 12.3 Å². The number of pyridine rings is 1. The Morgan fingerprint density at radius 1 is 0.927 bits per heavy atom. The molecule has 0 aliphatic carbocycles. The summed E-state index contributed by atoms with van der Waals surface area (Å²) in [4.78, 5) is 26.7. The summed E-state index contributed by atoms with van der Waals surface area (Å²) in [5.74, 6) is -2.87. The van der Waals surface area contributed by atoms with Gasteiger partial charge in [0, 0.05) is 48.2 Å². The van der Waals surface area contributed by atoms with Crippen LogP contribution in [0.15, 0.2) is 90.6 Å². The Labute approximate surface area is 312 Å². The molecule has 0 saturated heterocycles. The van der Waals surface area contributed by atoms with E-state index in [1.165, 1.54) is 48.5 Å². The van der Waals surface area contributed by atoms with Gasteiger partial charge in [0.25, 0.3) is 5.91 Å². The number of alkyl halides is 6. The summed E-state index contributed by atoms with van der Waals surface area (Å²) >= 11 is 0. The van der Waals surface area contributed by atoms with E-state index in [1.807, 2.05) is 0 Å². The smallest absolute Gasteiger partial charge is 0.471 e. The van der Waals surface area contributed by atoms with E-state index in [-0.39, 0.29) is 40.2 Å². The fraction of sp³-hybridized carbons (Fsp3) is 0.308. The summed E-state index contributed by atoms with van der Waals surface area (Å²) in [6.07, 6.45) is -7.63. The second-order valence-electron chi connectivity index (χ2n) is 12.5. The lowest BCUT2D eigenvalue weighted by Crippen LogP contribution is -2.42. The number of hydrogen-bond donors (Lipinski definition) is 2. The highest BCUT2D eigenvalue weighted by Crippen LogP contribution is 2.37. The number of halogens is 6. The Bertz CT molecular complexity index is 2000. The van der Waals surface area contributed by atoms with Crippen molar-refractivity contribution in [2.24, 2.45) is 0 Å². The molecule has 0 saturated carbocycles. The maximum Gasteiger partial charge on any atom is 0.471 e. The van der Waals surface area contributed by atoms with Crippen LogP contribution in [-0.4, -0.2) is 62.2 Å². The molecule has 1 atom stereocenters. The molecule has 2 N–H and O–H groups in total. The lowest BCUT2D eigenvalue weighted by molar-refractivity contribution is -0.617. The number of benzene rings is 3. The average Bonchev–Trinajstić information content (AvgIpc) is 3.34. The second-order valence-corrected chi connectivity index (χ2v) is 12.5. The van der Waals surface area contributed by atoms with Crippen molar-refractivity contribution in [2.45, 2.75) is 44.6 Å². The highest BCUT2D eigenvalue weighted by molar-refractivity contribution is 6.09. The number of nitrogens with one attached hydrogen (secondary N) is 1. The normalized spacial score (nSPS) is 13.7. The van der Waals surface area contributed by atoms with E-state index in [4.69, 9.17) is 14.2 Å². The number of aliphatic hydroxyl groups is 1. The molecule has 0 bridgehead atoms. The number of rotatable bonds is 14. The van der Waals surface area contributed by atoms with Crippen molar-refractivity contribution in [3.05, 3.63) is 113 Å². The molecule has 55 heavy (non-hydrogen) atoms. The average molecular weight is 774 g/mol. The van der Waals surface area contributed by atoms with Crippen molar-refractivity contribution in [3.8, 4) is 22.6 Å². The molecule has 1 unspecified atom stereocenters. The van der Waals surface area contributed by atoms with E-state index >= 15 is 0 Å². The molecular formula is C39H37F6N3O7. The first-order chi connectivity index (χ1) is 26.1. The van der Waals surface area contributed by atoms with Crippen LogP contribution in [0.2, 0.25) is 0 Å². The predicted octanol–water partition coefficient (Wildman–Crippen LogP) is 7.53. The Hall–Kier alpha value is -5.61. The van der Waals surface area contributed by atoms with Gasteiger partial charge in [-0.25, -0.2) is 0 Å². The minimum atomic E-state index is -5.22. The van der Waals surface area contributed by atoms with Crippen molar-refractivity contribution in [3.63, 3.8) is 0 Å². The molecule has 2 heterocycles. The number of hydrogen-bond acceptors (Lipinski definition) is 7. The van der Waals surface area contributed by atoms with Crippen LogP contribution < -0.4 is 24.4 Å². The summed E-state index contributed by atoms with van der Waals surface area (Å²) in [5.41, 5.74) is 0.729. The predicted molar refractivity (Wildman–Crippen MR) is 190 cm³/mol. The molecule has 292 valence electrons. The zero-order valence-corrected chi connectivity index (χ0v) is 29.5. The molecule has 3 aromatic carbocycles. The first kappa shape index (κ1) is 40.6. The summed E-state index contributed by atoms with van der Waals surface area (Å²) in [6, 6.07) is 18.9. The van der Waals surface area contributed by atoms with Crippen LogP contribution in [-0.2, 0) is 14.3 Å². The molecule has 1 aliphatic heterocycles. The molecule has 0 fully saturated rings. The number of unbranched alkanes of at least 4 members (excludes halogenated alkanes) is 1. The Kier molecular flexibility index (Phi) is 13.0. The van der Waals surface area contributed by atoms with Gasteiger partial charge in [-0.1, -0.05) is 37.6 Å². The molecule has 16 heteroatoms. The Morgan fingerprint density at radius 2 is 1.67 bits per heavy atom. The minimum absolute atomic E-state index is 0.0423. The largest absolute Gasteiger partial charge is 0.618 e. The van der Waals surface area contributed by atoms with Gasteiger partial charge in [0.2, 0.25) is 5.69 Å². The van der Waals surface area contributed by atoms with E-state index < -0.39 is 49.2 Å². The third kappa shape index (κ3) is 10.8. The lowest BCUT2D eigenvalue weighted by Gasteiger charge is -2.24. The number of fused-ring (bicyclic) bond motifs is 1. The SMILES string of the molecule is CCCCOCCOc1ccc(-c2ccc3c(c2)C=C(C(=O)Nc2ccc(C(O)c4cccc[n+]4[O-])c(OCC(F)(F)F)c2)CCN3C(=O)C(F)(F)F)cc1. The summed E-state index contributed by atoms with van der Waals surface area (Å²) in [6.45, 7) is 1.18. The molecule has 4 aromatic rings. The maximum atomic E-state index is 13.7. The summed E-state index contributed by atoms with van der Waals surface area (Å²) in [5, 5.41) is 25.7. The number of nitrogens with zero attached hydrogens (tertiary/aromatic N) is 2. The van der Waals surface area contributed by atoms with E-state index in [0.717, 1.165) is 25.1 Å². The van der Waals surface area contributed by atoms with E-state index in [1.54, 1.807) is 30.3 Å². The minimum Gasteiger partial charge on any atom is -0.618 e. The second kappa shape index (κ2) is 17.7. The van der Waals surface area contributed by atoms with Crippen LogP contribution in [0.4, 0.5) is 37.7 Å². The van der Waals surface area contributed by atoms with Crippen LogP contribution in [0.1, 0.15) is 49.1 Å². The molecule has 1 aliphatic rings. The van der Waals surface area contributed by atoms with Gasteiger partial charge < -0.3 is 34.7 Å². The Balaban J connectivity index is 1.42. The number of aliphatic hydroxyl groups excluding tert-OH is 1. The van der Waals surface area contributed by atoms with Gasteiger partial charge in [-0.2, -0.15) is 31.1 Å². The van der Waals surface area contributed by atoms with Crippen LogP contribution in [0.3, 0.4) is 0 Å². The first-order valence-electron chi connectivity index (χ1n) is 17.2. The van der Waals surface area contributed by atoms with Gasteiger partial charge in [-0.15, -0.1) is 0 Å². The van der Waals surface area contributed by atoms with Crippen LogP contribution in [0.25, 0.3) is 17.2 Å². The first-order valence-corrected chi connectivity index (χ1v) is 17.2. The number of anilines is 2. The van der Waals surface area contributed by atoms with E-state index in [0.29, 0.717) is 46.3 Å². The standard InChI is InChI=1S/C39H37F6N3O7/c1-2-3-18-53-19-20-54-30-11-7-25(8-12-30)26-9-14-32-28(21-26)22-27(15-17-47(32)37(51)39(43,44)45)36(50)46-29-10-13-31(34(23-29)55-24-38(40,41)42)35(49)33-6-4-5-16-48(33)52/h4-14,16,21-23,35,49H,2-3,15,17-20,24H2,1H3,(H,46,50). The Morgan fingerprint density at radius 3 is 2.36 bits per heavy atom. The molecule has 5 rings (SSSR count). The number of carbonyl (C=O) groups excluding carboxylic acids is 2. The van der Waals surface area contributed by atoms with Gasteiger partial charge in [-0.05, 0) is 72.0 Å². The topological polar surface area (TPSA) is 124 Å². The summed E-state index contributed by atoms with van der Waals surface area (Å²) in [7, 11) is 0. The maximum absolute atomic E-state index is 13.7. The number of carbonyl (C=O) groups is 2. The van der Waals surface area contributed by atoms with Gasteiger partial charge in [0.1, 0.15) is 18.1 Å². The van der Waals surface area contributed by atoms with Crippen molar-refractivity contribution >= 4 is 29.3 Å². The molecule has 0 spiro atoms. The summed E-state index contributed by atoms with van der Waals surface area (Å²) < 4.78 is 97.1. The van der Waals surface area contributed by atoms with Crippen LogP contribution in [0.5, 0.6) is 11.5 Å². The molecule has 10 nitrogen and oxygen atoms in total. The van der Waals surface area contributed by atoms with Crippen molar-refractivity contribution in [1.82, 2.24) is 0 Å². The zero-order valence-electron chi connectivity index (χ0n) is 29.5. The van der Waals surface area contributed by atoms with Gasteiger partial charge in [0.15, 0.2) is 18.9 Å². The zero-order chi connectivity index (χ0) is 39.8. The van der Waals surface area contributed by atoms with Crippen molar-refractivity contribution in [2.75, 3.05) is 43.2 Å². The quantitative estimate of drug-likeness (QED) is 0.0588. The van der Waals surface area contributed by atoms with E-state index in [9.17, 15) is 46.2 Å². The van der Waals surface area contributed by atoms with Gasteiger partial charge >= 0.3 is 18.3 Å². The lowest BCUT2D eigenvalue weighted by atomic mass is 10.00. The third-order valence-electron chi connectivity index (χ3n) is 8.45. The van der Waals surface area contributed by atoms with E-state index in [2.05, 4.69) is 12.2 Å². The molecule has 1 aromatic heterocycles. The van der Waals surface area contributed by atoms with Crippen LogP contribution in [0, 0.1) is 5.21 Å². The number of amides is 2. The van der Waals surface area contributed by atoms with Crippen LogP contribution >= 0.6 is 0 Å².